The smallest absolute Gasteiger partial charge is 0.224 e. The van der Waals surface area contributed by atoms with E-state index in [0.717, 1.165) is 21.9 Å². The molecule has 0 saturated carbocycles. The van der Waals surface area contributed by atoms with Crippen LogP contribution < -0.4 is 5.32 Å². The molecule has 2 aromatic rings. The van der Waals surface area contributed by atoms with Crippen molar-refractivity contribution in [3.05, 3.63) is 60.2 Å². The van der Waals surface area contributed by atoms with Crippen LogP contribution >= 0.6 is 0 Å². The van der Waals surface area contributed by atoms with Crippen molar-refractivity contribution in [2.45, 2.75) is 13.3 Å². The second kappa shape index (κ2) is 7.60. The Bertz CT molecular complexity index is 629. The molecule has 0 aliphatic heterocycles. The lowest BCUT2D eigenvalue weighted by Crippen LogP contribution is -2.28. The Hall–Kier alpha value is -2.13. The fourth-order valence-corrected chi connectivity index (χ4v) is 2.19. The van der Waals surface area contributed by atoms with Crippen LogP contribution in [-0.2, 0) is 16.0 Å². The molecule has 0 radical (unpaired) electrons. The van der Waals surface area contributed by atoms with Crippen LogP contribution in [-0.4, -0.2) is 25.7 Å². The third kappa shape index (κ3) is 4.72. The monoisotopic (exact) mass is 283 g/mol. The molecule has 0 aliphatic rings. The molecule has 0 heterocycles. The minimum atomic E-state index is 0.0188. The molecular weight excluding hydrogens is 262 g/mol. The van der Waals surface area contributed by atoms with E-state index < -0.39 is 0 Å². The highest BCUT2D eigenvalue weighted by Crippen LogP contribution is 2.18. The average molecular weight is 283 g/mol. The quantitative estimate of drug-likeness (QED) is 0.626. The minimum absolute atomic E-state index is 0.0188. The van der Waals surface area contributed by atoms with Gasteiger partial charge >= 0.3 is 0 Å². The number of benzene rings is 2. The van der Waals surface area contributed by atoms with Gasteiger partial charge in [-0.15, -0.1) is 0 Å². The first-order chi connectivity index (χ1) is 10.2. The van der Waals surface area contributed by atoms with Gasteiger partial charge in [0.2, 0.25) is 5.91 Å². The molecule has 2 rings (SSSR count). The summed E-state index contributed by atoms with van der Waals surface area (Å²) in [5.41, 5.74) is 2.03. The Kier molecular flexibility index (Phi) is 5.52. The number of fused-ring (bicyclic) bond motifs is 1. The van der Waals surface area contributed by atoms with Crippen molar-refractivity contribution in [1.29, 1.82) is 0 Å². The third-order valence-electron chi connectivity index (χ3n) is 3.15. The summed E-state index contributed by atoms with van der Waals surface area (Å²) in [6.45, 7) is 7.25. The van der Waals surface area contributed by atoms with Gasteiger partial charge in [-0.2, -0.15) is 0 Å². The molecule has 0 unspecified atom stereocenters. The molecule has 0 aromatic heterocycles. The predicted molar refractivity (Wildman–Crippen MR) is 86.3 cm³/mol. The maximum absolute atomic E-state index is 12.0. The molecule has 3 nitrogen and oxygen atoms in total. The van der Waals surface area contributed by atoms with Gasteiger partial charge in [-0.1, -0.05) is 54.6 Å². The van der Waals surface area contributed by atoms with Crippen LogP contribution in [0.1, 0.15) is 12.5 Å². The van der Waals surface area contributed by atoms with Gasteiger partial charge < -0.3 is 10.1 Å². The number of rotatable bonds is 7. The van der Waals surface area contributed by atoms with Gasteiger partial charge in [0.15, 0.2) is 0 Å². The van der Waals surface area contributed by atoms with Crippen molar-refractivity contribution in [3.8, 4) is 0 Å². The summed E-state index contributed by atoms with van der Waals surface area (Å²) in [5, 5.41) is 5.17. The fraction of sp³-hybridized carbons (Fsp3) is 0.278. The molecule has 1 N–H and O–H groups in total. The van der Waals surface area contributed by atoms with E-state index in [1.807, 2.05) is 37.3 Å². The topological polar surface area (TPSA) is 38.3 Å². The van der Waals surface area contributed by atoms with Gasteiger partial charge in [0.25, 0.3) is 0 Å². The fourth-order valence-electron chi connectivity index (χ4n) is 2.19. The first kappa shape index (κ1) is 15.3. The molecule has 0 fully saturated rings. The first-order valence-corrected chi connectivity index (χ1v) is 7.12. The lowest BCUT2D eigenvalue weighted by atomic mass is 10.0. The van der Waals surface area contributed by atoms with Crippen LogP contribution in [0.25, 0.3) is 10.8 Å². The van der Waals surface area contributed by atoms with Crippen LogP contribution in [0.5, 0.6) is 0 Å². The van der Waals surface area contributed by atoms with E-state index in [4.69, 9.17) is 4.74 Å². The highest BCUT2D eigenvalue weighted by Gasteiger charge is 2.06. The summed E-state index contributed by atoms with van der Waals surface area (Å²) in [6.07, 6.45) is 0.391. The minimum Gasteiger partial charge on any atom is -0.375 e. The molecular formula is C18H21NO2. The van der Waals surface area contributed by atoms with Crippen molar-refractivity contribution >= 4 is 16.7 Å². The largest absolute Gasteiger partial charge is 0.375 e. The van der Waals surface area contributed by atoms with E-state index in [-0.39, 0.29) is 5.91 Å². The Labute approximate surface area is 125 Å². The van der Waals surface area contributed by atoms with Gasteiger partial charge in [0.05, 0.1) is 19.6 Å². The van der Waals surface area contributed by atoms with E-state index in [1.54, 1.807) is 0 Å². The number of amides is 1. The summed E-state index contributed by atoms with van der Waals surface area (Å²) < 4.78 is 5.35. The maximum atomic E-state index is 12.0. The molecule has 0 bridgehead atoms. The van der Waals surface area contributed by atoms with E-state index in [2.05, 4.69) is 24.0 Å². The van der Waals surface area contributed by atoms with Gasteiger partial charge in [-0.25, -0.2) is 0 Å². The molecule has 110 valence electrons. The number of hydrogen-bond acceptors (Lipinski definition) is 2. The van der Waals surface area contributed by atoms with Crippen molar-refractivity contribution in [2.75, 3.05) is 19.8 Å². The zero-order valence-corrected chi connectivity index (χ0v) is 12.4. The second-order valence-electron chi connectivity index (χ2n) is 5.17. The van der Waals surface area contributed by atoms with Gasteiger partial charge in [-0.05, 0) is 23.3 Å². The van der Waals surface area contributed by atoms with Crippen molar-refractivity contribution < 1.29 is 9.53 Å². The zero-order valence-electron chi connectivity index (χ0n) is 12.4. The van der Waals surface area contributed by atoms with Crippen molar-refractivity contribution in [2.24, 2.45) is 0 Å². The number of hydrogen-bond donors (Lipinski definition) is 1. The summed E-state index contributed by atoms with van der Waals surface area (Å²) in [6, 6.07) is 14.2. The van der Waals surface area contributed by atoms with Crippen LogP contribution in [0.4, 0.5) is 0 Å². The number of ether oxygens (including phenoxy) is 1. The Balaban J connectivity index is 1.86. The molecule has 21 heavy (non-hydrogen) atoms. The summed E-state index contributed by atoms with van der Waals surface area (Å²) in [7, 11) is 0. The summed E-state index contributed by atoms with van der Waals surface area (Å²) in [4.78, 5) is 12.0. The molecule has 0 saturated heterocycles. The molecule has 0 aliphatic carbocycles. The highest BCUT2D eigenvalue weighted by atomic mass is 16.5. The molecule has 3 heteroatoms. The predicted octanol–water partition coefficient (Wildman–Crippen LogP) is 3.09. The Morgan fingerprint density at radius 2 is 1.95 bits per heavy atom. The van der Waals surface area contributed by atoms with Gasteiger partial charge in [-0.3, -0.25) is 4.79 Å². The molecule has 0 atom stereocenters. The Morgan fingerprint density at radius 3 is 2.76 bits per heavy atom. The van der Waals surface area contributed by atoms with Crippen molar-refractivity contribution in [3.63, 3.8) is 0 Å². The van der Waals surface area contributed by atoms with E-state index in [9.17, 15) is 4.79 Å². The lowest BCUT2D eigenvalue weighted by molar-refractivity contribution is -0.120. The van der Waals surface area contributed by atoms with Crippen molar-refractivity contribution in [1.82, 2.24) is 5.32 Å². The van der Waals surface area contributed by atoms with Crippen LogP contribution in [0, 0.1) is 0 Å². The molecule has 2 aromatic carbocycles. The Morgan fingerprint density at radius 1 is 1.19 bits per heavy atom. The molecule has 0 spiro atoms. The maximum Gasteiger partial charge on any atom is 0.224 e. The van der Waals surface area contributed by atoms with Crippen LogP contribution in [0.2, 0.25) is 0 Å². The van der Waals surface area contributed by atoms with E-state index in [1.165, 1.54) is 0 Å². The third-order valence-corrected chi connectivity index (χ3v) is 3.15. The number of carbonyl (C=O) groups is 1. The SMILES string of the molecule is C=C(C)COCCNC(=O)Cc1cccc2ccccc12. The van der Waals surface area contributed by atoms with Gasteiger partial charge in [0, 0.05) is 6.54 Å². The number of nitrogens with one attached hydrogen (secondary N) is 1. The number of carbonyl (C=O) groups excluding carboxylic acids is 1. The van der Waals surface area contributed by atoms with E-state index >= 15 is 0 Å². The zero-order chi connectivity index (χ0) is 15.1. The summed E-state index contributed by atoms with van der Waals surface area (Å²) in [5.74, 6) is 0.0188. The average Bonchev–Trinajstić information content (AvgIpc) is 2.47. The summed E-state index contributed by atoms with van der Waals surface area (Å²) >= 11 is 0. The standard InChI is InChI=1S/C18H21NO2/c1-14(2)13-21-11-10-19-18(20)12-16-8-5-7-15-6-3-4-9-17(15)16/h3-9H,1,10-13H2,2H3,(H,19,20). The second-order valence-corrected chi connectivity index (χ2v) is 5.17. The van der Waals surface area contributed by atoms with Crippen LogP contribution in [0.15, 0.2) is 54.6 Å². The van der Waals surface area contributed by atoms with Crippen LogP contribution in [0.3, 0.4) is 0 Å². The normalized spacial score (nSPS) is 10.5. The lowest BCUT2D eigenvalue weighted by Gasteiger charge is -2.08. The molecule has 1 amide bonds. The van der Waals surface area contributed by atoms with Gasteiger partial charge in [0.1, 0.15) is 0 Å². The van der Waals surface area contributed by atoms with E-state index in [0.29, 0.717) is 26.2 Å². The first-order valence-electron chi connectivity index (χ1n) is 7.12. The highest BCUT2D eigenvalue weighted by molar-refractivity contribution is 5.90.